The summed E-state index contributed by atoms with van der Waals surface area (Å²) < 4.78 is 6.62. The Morgan fingerprint density at radius 2 is 1.92 bits per heavy atom. The van der Waals surface area contributed by atoms with E-state index in [9.17, 15) is 4.79 Å². The van der Waals surface area contributed by atoms with Crippen LogP contribution in [-0.2, 0) is 0 Å². The number of carbonyl (C=O) groups excluding carboxylic acids is 1. The second-order valence-electron chi connectivity index (χ2n) is 4.87. The number of hydrogen-bond acceptors (Lipinski definition) is 6. The van der Waals surface area contributed by atoms with Crippen LogP contribution in [-0.4, -0.2) is 15.9 Å². The first-order chi connectivity index (χ1) is 11.8. The lowest BCUT2D eigenvalue weighted by atomic mass is 10.2. The summed E-state index contributed by atoms with van der Waals surface area (Å²) in [7, 11) is 0. The summed E-state index contributed by atoms with van der Waals surface area (Å²) in [6.07, 6.45) is 1.68. The number of nitrogens with zero attached hydrogens (tertiary/aromatic N) is 2. The molecule has 0 bridgehead atoms. The van der Waals surface area contributed by atoms with E-state index in [1.807, 2.05) is 29.6 Å². The summed E-state index contributed by atoms with van der Waals surface area (Å²) in [4.78, 5) is 20.8. The maximum absolute atomic E-state index is 12.3. The number of carbonyl (C=O) groups is 1. The number of anilines is 1. The SMILES string of the molecule is O=C(Nc1nc2ccccc2s1)c1ccc(Oc2nccs2)cc1. The normalized spacial score (nSPS) is 10.7. The van der Waals surface area contributed by atoms with Gasteiger partial charge in [0.1, 0.15) is 5.75 Å². The molecule has 118 valence electrons. The Labute approximate surface area is 145 Å². The monoisotopic (exact) mass is 353 g/mol. The van der Waals surface area contributed by atoms with Crippen LogP contribution in [0.2, 0.25) is 0 Å². The van der Waals surface area contributed by atoms with Crippen molar-refractivity contribution in [3.8, 4) is 10.9 Å². The Kier molecular flexibility index (Phi) is 3.94. The molecule has 4 rings (SSSR count). The number of fused-ring (bicyclic) bond motifs is 1. The zero-order valence-corrected chi connectivity index (χ0v) is 13.9. The van der Waals surface area contributed by atoms with Gasteiger partial charge in [0.2, 0.25) is 0 Å². The summed E-state index contributed by atoms with van der Waals surface area (Å²) in [5.74, 6) is 0.441. The van der Waals surface area contributed by atoms with E-state index in [-0.39, 0.29) is 5.91 Å². The highest BCUT2D eigenvalue weighted by Crippen LogP contribution is 2.26. The first-order valence-electron chi connectivity index (χ1n) is 7.12. The van der Waals surface area contributed by atoms with Crippen LogP contribution in [0.1, 0.15) is 10.4 Å². The Bertz CT molecular complexity index is 946. The number of aromatic nitrogens is 2. The molecule has 0 saturated carbocycles. The van der Waals surface area contributed by atoms with Crippen LogP contribution in [0.3, 0.4) is 0 Å². The molecule has 0 fully saturated rings. The standard InChI is InChI=1S/C17H11N3O2S2/c21-15(20-16-19-13-3-1-2-4-14(13)24-16)11-5-7-12(8-6-11)22-17-18-9-10-23-17/h1-10H,(H,19,20,21). The molecule has 2 aromatic heterocycles. The van der Waals surface area contributed by atoms with Gasteiger partial charge in [0, 0.05) is 17.1 Å². The van der Waals surface area contributed by atoms with Gasteiger partial charge in [-0.15, -0.1) is 0 Å². The van der Waals surface area contributed by atoms with Crippen molar-refractivity contribution in [2.24, 2.45) is 0 Å². The summed E-state index contributed by atoms with van der Waals surface area (Å²) in [5.41, 5.74) is 1.42. The molecule has 1 amide bonds. The van der Waals surface area contributed by atoms with Gasteiger partial charge in [0.25, 0.3) is 11.1 Å². The highest BCUT2D eigenvalue weighted by molar-refractivity contribution is 7.22. The lowest BCUT2D eigenvalue weighted by molar-refractivity contribution is 0.102. The number of thiazole rings is 2. The van der Waals surface area contributed by atoms with Crippen molar-refractivity contribution < 1.29 is 9.53 Å². The number of nitrogens with one attached hydrogen (secondary N) is 1. The van der Waals surface area contributed by atoms with Gasteiger partial charge < -0.3 is 4.74 Å². The van der Waals surface area contributed by atoms with Crippen LogP contribution in [0.5, 0.6) is 10.9 Å². The van der Waals surface area contributed by atoms with Crippen LogP contribution < -0.4 is 10.1 Å². The molecule has 2 aromatic carbocycles. The molecule has 0 aliphatic rings. The minimum absolute atomic E-state index is 0.199. The highest BCUT2D eigenvalue weighted by Gasteiger charge is 2.10. The summed E-state index contributed by atoms with van der Waals surface area (Å²) in [6.45, 7) is 0. The van der Waals surface area contributed by atoms with Gasteiger partial charge in [0.05, 0.1) is 10.2 Å². The van der Waals surface area contributed by atoms with E-state index in [0.717, 1.165) is 10.2 Å². The Morgan fingerprint density at radius 1 is 1.08 bits per heavy atom. The van der Waals surface area contributed by atoms with Crippen molar-refractivity contribution in [1.29, 1.82) is 0 Å². The third kappa shape index (κ3) is 3.12. The van der Waals surface area contributed by atoms with E-state index in [2.05, 4.69) is 15.3 Å². The molecule has 2 heterocycles. The Morgan fingerprint density at radius 3 is 2.67 bits per heavy atom. The van der Waals surface area contributed by atoms with Gasteiger partial charge in [-0.25, -0.2) is 9.97 Å². The van der Waals surface area contributed by atoms with Crippen LogP contribution in [0.25, 0.3) is 10.2 Å². The molecule has 0 saturated heterocycles. The van der Waals surface area contributed by atoms with Crippen molar-refractivity contribution in [3.05, 3.63) is 65.7 Å². The molecular formula is C17H11N3O2S2. The minimum Gasteiger partial charge on any atom is -0.431 e. The van der Waals surface area contributed by atoms with Crippen molar-refractivity contribution in [3.63, 3.8) is 0 Å². The fourth-order valence-electron chi connectivity index (χ4n) is 2.13. The fourth-order valence-corrected chi connectivity index (χ4v) is 3.50. The van der Waals surface area contributed by atoms with E-state index < -0.39 is 0 Å². The third-order valence-corrected chi connectivity index (χ3v) is 4.85. The maximum atomic E-state index is 12.3. The maximum Gasteiger partial charge on any atom is 0.278 e. The number of ether oxygens (including phenoxy) is 1. The molecule has 0 radical (unpaired) electrons. The van der Waals surface area contributed by atoms with E-state index in [1.165, 1.54) is 22.7 Å². The topological polar surface area (TPSA) is 64.1 Å². The van der Waals surface area contributed by atoms with Gasteiger partial charge >= 0.3 is 0 Å². The minimum atomic E-state index is -0.199. The summed E-state index contributed by atoms with van der Waals surface area (Å²) in [5, 5.41) is 5.83. The molecule has 24 heavy (non-hydrogen) atoms. The predicted octanol–water partition coefficient (Wildman–Crippen LogP) is 4.80. The van der Waals surface area contributed by atoms with Crippen molar-refractivity contribution in [2.45, 2.75) is 0 Å². The van der Waals surface area contributed by atoms with Gasteiger partial charge in [-0.05, 0) is 36.4 Å². The van der Waals surface area contributed by atoms with Crippen molar-refractivity contribution >= 4 is 43.9 Å². The average Bonchev–Trinajstić information content (AvgIpc) is 3.24. The molecule has 0 atom stereocenters. The molecule has 5 nitrogen and oxygen atoms in total. The average molecular weight is 353 g/mol. The van der Waals surface area contributed by atoms with E-state index in [4.69, 9.17) is 4.74 Å². The van der Waals surface area contributed by atoms with Crippen molar-refractivity contribution in [2.75, 3.05) is 5.32 Å². The molecule has 0 spiro atoms. The van der Waals surface area contributed by atoms with Gasteiger partial charge in [-0.3, -0.25) is 10.1 Å². The van der Waals surface area contributed by atoms with Crippen LogP contribution in [0, 0.1) is 0 Å². The molecule has 1 N–H and O–H groups in total. The first kappa shape index (κ1) is 14.8. The van der Waals surface area contributed by atoms with Crippen LogP contribution >= 0.6 is 22.7 Å². The van der Waals surface area contributed by atoms with Gasteiger partial charge in [-0.1, -0.05) is 34.8 Å². The summed E-state index contributed by atoms with van der Waals surface area (Å²) in [6, 6.07) is 14.7. The smallest absolute Gasteiger partial charge is 0.278 e. The Balaban J connectivity index is 1.47. The van der Waals surface area contributed by atoms with Crippen LogP contribution in [0.15, 0.2) is 60.1 Å². The number of amides is 1. The van der Waals surface area contributed by atoms with Crippen LogP contribution in [0.4, 0.5) is 5.13 Å². The first-order valence-corrected chi connectivity index (χ1v) is 8.82. The molecule has 0 unspecified atom stereocenters. The number of benzene rings is 2. The lowest BCUT2D eigenvalue weighted by Gasteiger charge is -2.04. The quantitative estimate of drug-likeness (QED) is 0.572. The molecule has 4 aromatic rings. The zero-order chi connectivity index (χ0) is 16.4. The highest BCUT2D eigenvalue weighted by atomic mass is 32.1. The Hall–Kier alpha value is -2.77. The molecular weight excluding hydrogens is 342 g/mol. The van der Waals surface area contributed by atoms with Crippen molar-refractivity contribution in [1.82, 2.24) is 9.97 Å². The molecule has 7 heteroatoms. The van der Waals surface area contributed by atoms with Gasteiger partial charge in [-0.2, -0.15) is 0 Å². The predicted molar refractivity (Wildman–Crippen MR) is 96.2 cm³/mol. The van der Waals surface area contributed by atoms with E-state index in [1.54, 1.807) is 30.5 Å². The zero-order valence-electron chi connectivity index (χ0n) is 12.3. The largest absolute Gasteiger partial charge is 0.431 e. The van der Waals surface area contributed by atoms with E-state index >= 15 is 0 Å². The number of hydrogen-bond donors (Lipinski definition) is 1. The molecule has 0 aliphatic heterocycles. The third-order valence-electron chi connectivity index (χ3n) is 3.25. The summed E-state index contributed by atoms with van der Waals surface area (Å²) >= 11 is 2.86. The van der Waals surface area contributed by atoms with Gasteiger partial charge in [0.15, 0.2) is 5.13 Å². The molecule has 0 aliphatic carbocycles. The van der Waals surface area contributed by atoms with E-state index in [0.29, 0.717) is 21.6 Å². The second kappa shape index (κ2) is 6.38. The second-order valence-corrected chi connectivity index (χ2v) is 6.75. The number of rotatable bonds is 4. The fraction of sp³-hybridized carbons (Fsp3) is 0. The number of para-hydroxylation sites is 1. The lowest BCUT2D eigenvalue weighted by Crippen LogP contribution is -2.11.